The molecule has 0 saturated carbocycles. The van der Waals surface area contributed by atoms with Crippen LogP contribution in [0.25, 0.3) is 0 Å². The fourth-order valence-electron chi connectivity index (χ4n) is 3.18. The van der Waals surface area contributed by atoms with Crippen LogP contribution in [-0.4, -0.2) is 14.2 Å². The fourth-order valence-corrected chi connectivity index (χ4v) is 3.18. The van der Waals surface area contributed by atoms with Crippen LogP contribution in [0.5, 0.6) is 5.88 Å². The first-order chi connectivity index (χ1) is 14.6. The van der Waals surface area contributed by atoms with Gasteiger partial charge in [-0.25, -0.2) is 22.4 Å². The maximum Gasteiger partial charge on any atom is 0.333 e. The third-order valence-corrected chi connectivity index (χ3v) is 4.95. The number of hydrogen-bond donors (Lipinski definition) is 1. The largest absolute Gasteiger partial charge is 0.494 e. The van der Waals surface area contributed by atoms with Gasteiger partial charge in [-0.2, -0.15) is 0 Å². The molecule has 0 aliphatic heterocycles. The predicted octanol–water partition coefficient (Wildman–Crippen LogP) is 4.08. The number of alkyl halides is 4. The first-order valence-corrected chi connectivity index (χ1v) is 9.52. The first kappa shape index (κ1) is 22.3. The van der Waals surface area contributed by atoms with Crippen molar-refractivity contribution in [3.05, 3.63) is 98.7 Å². The van der Waals surface area contributed by atoms with Gasteiger partial charge in [-0.3, -0.25) is 13.9 Å². The van der Waals surface area contributed by atoms with E-state index in [-0.39, 0.29) is 11.1 Å². The minimum atomic E-state index is -3.31. The molecule has 1 aromatic heterocycles. The van der Waals surface area contributed by atoms with Gasteiger partial charge in [0.25, 0.3) is 17.4 Å². The van der Waals surface area contributed by atoms with E-state index in [1.807, 2.05) is 0 Å². The van der Waals surface area contributed by atoms with Crippen molar-refractivity contribution in [1.82, 2.24) is 9.13 Å². The molecular formula is C22H20F4N2O3. The van der Waals surface area contributed by atoms with E-state index in [4.69, 9.17) is 0 Å². The van der Waals surface area contributed by atoms with Crippen molar-refractivity contribution < 1.29 is 22.7 Å². The molecule has 31 heavy (non-hydrogen) atoms. The summed E-state index contributed by atoms with van der Waals surface area (Å²) >= 11 is 0. The second-order valence-electron chi connectivity index (χ2n) is 7.07. The maximum atomic E-state index is 14.4. The Morgan fingerprint density at radius 3 is 1.58 bits per heavy atom. The molecule has 0 saturated heterocycles. The lowest BCUT2D eigenvalue weighted by Gasteiger charge is -2.19. The third kappa shape index (κ3) is 5.04. The van der Waals surface area contributed by atoms with Crippen molar-refractivity contribution in [3.63, 3.8) is 0 Å². The highest BCUT2D eigenvalue weighted by molar-refractivity contribution is 5.21. The second-order valence-corrected chi connectivity index (χ2v) is 7.07. The van der Waals surface area contributed by atoms with Crippen LogP contribution in [-0.2, 0) is 24.9 Å². The van der Waals surface area contributed by atoms with Crippen LogP contribution in [0, 0.1) is 0 Å². The molecular weight excluding hydrogens is 416 g/mol. The monoisotopic (exact) mass is 436 g/mol. The average Bonchev–Trinajstić information content (AvgIpc) is 2.74. The van der Waals surface area contributed by atoms with Gasteiger partial charge < -0.3 is 5.11 Å². The Bertz CT molecular complexity index is 1140. The highest BCUT2D eigenvalue weighted by atomic mass is 19.3. The number of nitrogens with zero attached hydrogens (tertiary/aromatic N) is 2. The summed E-state index contributed by atoms with van der Waals surface area (Å²) in [7, 11) is 0. The molecule has 0 unspecified atom stereocenters. The Morgan fingerprint density at radius 2 is 1.13 bits per heavy atom. The molecule has 0 bridgehead atoms. The van der Waals surface area contributed by atoms with Crippen molar-refractivity contribution in [2.24, 2.45) is 0 Å². The third-order valence-electron chi connectivity index (χ3n) is 4.95. The van der Waals surface area contributed by atoms with Crippen molar-refractivity contribution in [2.45, 2.75) is 37.8 Å². The number of halogens is 4. The van der Waals surface area contributed by atoms with Crippen LogP contribution in [0.15, 0.2) is 76.3 Å². The van der Waals surface area contributed by atoms with Crippen LogP contribution in [0.1, 0.15) is 24.0 Å². The molecule has 0 aliphatic carbocycles. The highest BCUT2D eigenvalue weighted by Crippen LogP contribution is 2.33. The number of aromatic nitrogens is 2. The van der Waals surface area contributed by atoms with Crippen molar-refractivity contribution in [2.75, 3.05) is 0 Å². The summed E-state index contributed by atoms with van der Waals surface area (Å²) in [4.78, 5) is 24.7. The zero-order chi connectivity index (χ0) is 22.6. The van der Waals surface area contributed by atoms with Gasteiger partial charge in [-0.05, 0) is 0 Å². The Labute approximate surface area is 174 Å². The first-order valence-electron chi connectivity index (χ1n) is 9.52. The van der Waals surface area contributed by atoms with Gasteiger partial charge in [-0.1, -0.05) is 60.7 Å². The minimum Gasteiger partial charge on any atom is -0.494 e. The van der Waals surface area contributed by atoms with Crippen molar-refractivity contribution in [1.29, 1.82) is 0 Å². The number of rotatable bonds is 8. The lowest BCUT2D eigenvalue weighted by atomic mass is 10.1. The summed E-state index contributed by atoms with van der Waals surface area (Å²) in [5.74, 6) is -7.41. The molecule has 0 fully saturated rings. The van der Waals surface area contributed by atoms with Crippen LogP contribution in [0.4, 0.5) is 17.6 Å². The Hall–Kier alpha value is -3.36. The Kier molecular flexibility index (Phi) is 6.33. The summed E-state index contributed by atoms with van der Waals surface area (Å²) in [5, 5.41) is 9.93. The van der Waals surface area contributed by atoms with Crippen LogP contribution in [0.2, 0.25) is 0 Å². The molecule has 0 atom stereocenters. The Balaban J connectivity index is 1.82. The van der Waals surface area contributed by atoms with Gasteiger partial charge in [0.15, 0.2) is 0 Å². The van der Waals surface area contributed by atoms with Gasteiger partial charge in [0, 0.05) is 37.1 Å². The quantitative estimate of drug-likeness (QED) is 0.542. The molecule has 0 spiro atoms. The maximum absolute atomic E-state index is 14.4. The normalized spacial score (nSPS) is 12.1. The van der Waals surface area contributed by atoms with E-state index < -0.39 is 54.9 Å². The Morgan fingerprint density at radius 1 is 0.710 bits per heavy atom. The molecule has 164 valence electrons. The van der Waals surface area contributed by atoms with E-state index in [2.05, 4.69) is 0 Å². The van der Waals surface area contributed by atoms with Gasteiger partial charge in [-0.15, -0.1) is 0 Å². The molecule has 1 N–H and O–H groups in total. The molecule has 1 heterocycles. The van der Waals surface area contributed by atoms with Gasteiger partial charge in [0.1, 0.15) is 0 Å². The smallest absolute Gasteiger partial charge is 0.333 e. The molecule has 5 nitrogen and oxygen atoms in total. The van der Waals surface area contributed by atoms with Crippen LogP contribution in [0.3, 0.4) is 0 Å². The standard InChI is InChI=1S/C22H20F4N2O3/c23-21(24,16-7-3-1-4-8-16)11-13-27-18(29)15-19(30)28(20(27)31)14-12-22(25,26)17-9-5-2-6-10-17/h1-10,15,29H,11-14H2. The SMILES string of the molecule is O=c1cc(O)n(CCC(F)(F)c2ccccc2)c(=O)n1CCC(F)(F)c1ccccc1. The average molecular weight is 436 g/mol. The predicted molar refractivity (Wildman–Crippen MR) is 107 cm³/mol. The van der Waals surface area contributed by atoms with E-state index in [9.17, 15) is 32.3 Å². The summed E-state index contributed by atoms with van der Waals surface area (Å²) in [6.45, 7) is -1.25. The van der Waals surface area contributed by atoms with E-state index in [1.165, 1.54) is 48.5 Å². The van der Waals surface area contributed by atoms with E-state index in [0.29, 0.717) is 15.2 Å². The molecule has 2 aromatic carbocycles. The van der Waals surface area contributed by atoms with Gasteiger partial charge in [0.2, 0.25) is 5.88 Å². The molecule has 0 radical (unpaired) electrons. The van der Waals surface area contributed by atoms with Crippen molar-refractivity contribution >= 4 is 0 Å². The van der Waals surface area contributed by atoms with Crippen LogP contribution >= 0.6 is 0 Å². The zero-order valence-electron chi connectivity index (χ0n) is 16.3. The van der Waals surface area contributed by atoms with Gasteiger partial charge >= 0.3 is 5.69 Å². The molecule has 0 aliphatic rings. The van der Waals surface area contributed by atoms with E-state index >= 15 is 0 Å². The fraction of sp³-hybridized carbons (Fsp3) is 0.273. The summed E-state index contributed by atoms with van der Waals surface area (Å²) in [6, 6.07) is 14.5. The highest BCUT2D eigenvalue weighted by Gasteiger charge is 2.33. The summed E-state index contributed by atoms with van der Waals surface area (Å²) < 4.78 is 58.7. The number of aromatic hydroxyl groups is 1. The lowest BCUT2D eigenvalue weighted by molar-refractivity contribution is -0.0193. The molecule has 0 amide bonds. The zero-order valence-corrected chi connectivity index (χ0v) is 16.3. The number of benzene rings is 2. The topological polar surface area (TPSA) is 64.2 Å². The van der Waals surface area contributed by atoms with Crippen molar-refractivity contribution in [3.8, 4) is 5.88 Å². The second kappa shape index (κ2) is 8.79. The van der Waals surface area contributed by atoms with Gasteiger partial charge in [0.05, 0.1) is 6.07 Å². The lowest BCUT2D eigenvalue weighted by Crippen LogP contribution is -2.40. The number of hydrogen-bond acceptors (Lipinski definition) is 3. The summed E-state index contributed by atoms with van der Waals surface area (Å²) in [5.41, 5.74) is -2.65. The van der Waals surface area contributed by atoms with E-state index in [0.717, 1.165) is 0 Å². The summed E-state index contributed by atoms with van der Waals surface area (Å²) in [6.07, 6.45) is -1.68. The van der Waals surface area contributed by atoms with Crippen LogP contribution < -0.4 is 11.2 Å². The molecule has 3 rings (SSSR count). The molecule has 3 aromatic rings. The minimum absolute atomic E-state index is 0.265. The van der Waals surface area contributed by atoms with E-state index in [1.54, 1.807) is 12.1 Å². The molecule has 9 heteroatoms.